The van der Waals surface area contributed by atoms with Crippen molar-refractivity contribution in [3.8, 4) is 0 Å². The van der Waals surface area contributed by atoms with E-state index in [4.69, 9.17) is 23.2 Å². The summed E-state index contributed by atoms with van der Waals surface area (Å²) >= 11 is 12.0. The highest BCUT2D eigenvalue weighted by molar-refractivity contribution is 6.42. The van der Waals surface area contributed by atoms with Crippen LogP contribution in [0.1, 0.15) is 29.8 Å². The molecule has 0 aliphatic carbocycles. The van der Waals surface area contributed by atoms with Crippen LogP contribution in [-0.4, -0.2) is 10.1 Å². The summed E-state index contributed by atoms with van der Waals surface area (Å²) in [5, 5.41) is 11.1. The molecule has 0 aliphatic heterocycles. The van der Waals surface area contributed by atoms with Crippen molar-refractivity contribution in [2.45, 2.75) is 25.9 Å². The fourth-order valence-corrected chi connectivity index (χ4v) is 2.30. The first kappa shape index (κ1) is 14.3. The van der Waals surface area contributed by atoms with Gasteiger partial charge in [0.05, 0.1) is 16.1 Å². The van der Waals surface area contributed by atoms with Gasteiger partial charge >= 0.3 is 0 Å². The normalized spacial score (nSPS) is 12.4. The number of halogens is 2. The van der Waals surface area contributed by atoms with Gasteiger partial charge in [-0.3, -0.25) is 4.98 Å². The quantitative estimate of drug-likeness (QED) is 0.916. The van der Waals surface area contributed by atoms with Crippen LogP contribution in [0.15, 0.2) is 36.5 Å². The van der Waals surface area contributed by atoms with E-state index in [1.807, 2.05) is 18.3 Å². The average molecular weight is 296 g/mol. The lowest BCUT2D eigenvalue weighted by atomic mass is 10.0. The van der Waals surface area contributed by atoms with Crippen molar-refractivity contribution < 1.29 is 5.11 Å². The Bertz CT molecular complexity index is 555. The molecule has 1 aromatic heterocycles. The van der Waals surface area contributed by atoms with Crippen molar-refractivity contribution in [1.29, 1.82) is 0 Å². The molecule has 4 heteroatoms. The Morgan fingerprint density at radius 1 is 1.21 bits per heavy atom. The summed E-state index contributed by atoms with van der Waals surface area (Å²) in [5.74, 6) is 0. The summed E-state index contributed by atoms with van der Waals surface area (Å²) in [6.07, 6.45) is 2.51. The third-order valence-electron chi connectivity index (χ3n) is 3.04. The Morgan fingerprint density at radius 3 is 2.63 bits per heavy atom. The lowest BCUT2D eigenvalue weighted by molar-refractivity contribution is 0.177. The summed E-state index contributed by atoms with van der Waals surface area (Å²) in [6, 6.07) is 9.21. The monoisotopic (exact) mass is 295 g/mol. The molecular formula is C15H15Cl2NO. The van der Waals surface area contributed by atoms with Crippen molar-refractivity contribution in [2.24, 2.45) is 0 Å². The highest BCUT2D eigenvalue weighted by Gasteiger charge is 2.14. The topological polar surface area (TPSA) is 33.1 Å². The van der Waals surface area contributed by atoms with Gasteiger partial charge in [-0.1, -0.05) is 48.3 Å². The lowest BCUT2D eigenvalue weighted by Gasteiger charge is -2.13. The van der Waals surface area contributed by atoms with Crippen molar-refractivity contribution in [2.75, 3.05) is 0 Å². The van der Waals surface area contributed by atoms with Gasteiger partial charge in [-0.15, -0.1) is 0 Å². The second-order valence-electron chi connectivity index (χ2n) is 4.37. The first-order chi connectivity index (χ1) is 9.11. The molecule has 2 rings (SSSR count). The zero-order chi connectivity index (χ0) is 13.8. The molecule has 1 aromatic carbocycles. The molecule has 2 nitrogen and oxygen atoms in total. The summed E-state index contributed by atoms with van der Waals surface area (Å²) in [7, 11) is 0. The Morgan fingerprint density at radius 2 is 2.00 bits per heavy atom. The van der Waals surface area contributed by atoms with Crippen LogP contribution in [0.2, 0.25) is 10.0 Å². The molecule has 100 valence electrons. The number of nitrogens with zero attached hydrogens (tertiary/aromatic N) is 1. The van der Waals surface area contributed by atoms with Crippen molar-refractivity contribution in [1.82, 2.24) is 4.98 Å². The molecule has 0 fully saturated rings. The number of aliphatic hydroxyl groups is 1. The van der Waals surface area contributed by atoms with Crippen molar-refractivity contribution >= 4 is 23.2 Å². The second-order valence-corrected chi connectivity index (χ2v) is 5.16. The zero-order valence-corrected chi connectivity index (χ0v) is 12.1. The van der Waals surface area contributed by atoms with Gasteiger partial charge in [0, 0.05) is 23.9 Å². The molecule has 0 radical (unpaired) electrons. The third kappa shape index (κ3) is 3.47. The van der Waals surface area contributed by atoms with Crippen LogP contribution in [0.25, 0.3) is 0 Å². The van der Waals surface area contributed by atoms with E-state index in [1.54, 1.807) is 18.2 Å². The molecule has 0 aliphatic rings. The number of pyridine rings is 1. The number of benzene rings is 1. The van der Waals surface area contributed by atoms with Gasteiger partial charge in [0.25, 0.3) is 0 Å². The Labute approximate surface area is 123 Å². The standard InChI is InChI=1S/C15H15Cl2NO/c1-2-10-6-7-11(18-9-10)8-14(19)12-4-3-5-13(16)15(12)17/h3-7,9,14,19H,2,8H2,1H3. The van der Waals surface area contributed by atoms with Crippen LogP contribution >= 0.6 is 23.2 Å². The third-order valence-corrected chi connectivity index (χ3v) is 3.87. The van der Waals surface area contributed by atoms with Crippen LogP contribution < -0.4 is 0 Å². The molecule has 1 N–H and O–H groups in total. The van der Waals surface area contributed by atoms with E-state index in [0.29, 0.717) is 22.0 Å². The molecule has 2 aromatic rings. The molecule has 0 bridgehead atoms. The van der Waals surface area contributed by atoms with Crippen LogP contribution in [0.3, 0.4) is 0 Å². The highest BCUT2D eigenvalue weighted by atomic mass is 35.5. The largest absolute Gasteiger partial charge is 0.388 e. The Hall–Kier alpha value is -1.09. The van der Waals surface area contributed by atoms with Gasteiger partial charge in [-0.25, -0.2) is 0 Å². The molecule has 1 heterocycles. The van der Waals surface area contributed by atoms with Crippen LogP contribution in [-0.2, 0) is 12.8 Å². The van der Waals surface area contributed by atoms with Gasteiger partial charge < -0.3 is 5.11 Å². The van der Waals surface area contributed by atoms with E-state index in [0.717, 1.165) is 12.1 Å². The molecule has 0 amide bonds. The minimum Gasteiger partial charge on any atom is -0.388 e. The van der Waals surface area contributed by atoms with E-state index in [1.165, 1.54) is 5.56 Å². The van der Waals surface area contributed by atoms with E-state index >= 15 is 0 Å². The molecule has 19 heavy (non-hydrogen) atoms. The molecule has 1 atom stereocenters. The molecule has 0 saturated carbocycles. The maximum atomic E-state index is 10.2. The van der Waals surface area contributed by atoms with Crippen LogP contribution in [0, 0.1) is 0 Å². The Balaban J connectivity index is 2.15. The number of hydrogen-bond acceptors (Lipinski definition) is 2. The molecule has 0 saturated heterocycles. The fraction of sp³-hybridized carbons (Fsp3) is 0.267. The SMILES string of the molecule is CCc1ccc(CC(O)c2cccc(Cl)c2Cl)nc1. The van der Waals surface area contributed by atoms with Gasteiger partial charge in [-0.05, 0) is 24.1 Å². The number of aliphatic hydroxyl groups excluding tert-OH is 1. The molecule has 1 unspecified atom stereocenters. The van der Waals surface area contributed by atoms with E-state index in [9.17, 15) is 5.11 Å². The lowest BCUT2D eigenvalue weighted by Crippen LogP contribution is -2.04. The zero-order valence-electron chi connectivity index (χ0n) is 10.6. The summed E-state index contributed by atoms with van der Waals surface area (Å²) in [5.41, 5.74) is 2.65. The molecular weight excluding hydrogens is 281 g/mol. The van der Waals surface area contributed by atoms with E-state index < -0.39 is 6.10 Å². The predicted molar refractivity (Wildman–Crippen MR) is 78.7 cm³/mol. The first-order valence-corrected chi connectivity index (χ1v) is 6.93. The molecule has 0 spiro atoms. The maximum absolute atomic E-state index is 10.2. The van der Waals surface area contributed by atoms with Gasteiger partial charge in [0.2, 0.25) is 0 Å². The van der Waals surface area contributed by atoms with Crippen molar-refractivity contribution in [3.05, 3.63) is 63.4 Å². The average Bonchev–Trinajstić information content (AvgIpc) is 2.42. The van der Waals surface area contributed by atoms with Crippen LogP contribution in [0.4, 0.5) is 0 Å². The van der Waals surface area contributed by atoms with Crippen molar-refractivity contribution in [3.63, 3.8) is 0 Å². The summed E-state index contributed by atoms with van der Waals surface area (Å²) < 4.78 is 0. The van der Waals surface area contributed by atoms with Gasteiger partial charge in [0.15, 0.2) is 0 Å². The second kappa shape index (κ2) is 6.38. The minimum absolute atomic E-state index is 0.404. The number of hydrogen-bond donors (Lipinski definition) is 1. The first-order valence-electron chi connectivity index (χ1n) is 6.17. The maximum Gasteiger partial charge on any atom is 0.0860 e. The van der Waals surface area contributed by atoms with Gasteiger partial charge in [0.1, 0.15) is 0 Å². The number of aromatic nitrogens is 1. The van der Waals surface area contributed by atoms with E-state index in [2.05, 4.69) is 11.9 Å². The fourth-order valence-electron chi connectivity index (χ4n) is 1.87. The Kier molecular flexibility index (Phi) is 4.81. The number of aryl methyl sites for hydroxylation is 1. The van der Waals surface area contributed by atoms with Crippen LogP contribution in [0.5, 0.6) is 0 Å². The minimum atomic E-state index is -0.703. The summed E-state index contributed by atoms with van der Waals surface area (Å²) in [4.78, 5) is 4.33. The number of rotatable bonds is 4. The summed E-state index contributed by atoms with van der Waals surface area (Å²) in [6.45, 7) is 2.08. The highest BCUT2D eigenvalue weighted by Crippen LogP contribution is 2.31. The van der Waals surface area contributed by atoms with Gasteiger partial charge in [-0.2, -0.15) is 0 Å². The smallest absolute Gasteiger partial charge is 0.0860 e. The predicted octanol–water partition coefficient (Wildman–Crippen LogP) is 4.23. The van der Waals surface area contributed by atoms with E-state index in [-0.39, 0.29) is 0 Å².